The second-order valence-electron chi connectivity index (χ2n) is 3.43. The van der Waals surface area contributed by atoms with Crippen LogP contribution in [0, 0.1) is 0 Å². The van der Waals surface area contributed by atoms with E-state index in [1.54, 1.807) is 0 Å². The molecule has 0 atom stereocenters. The number of rotatable bonds is 9. The number of ether oxygens (including phenoxy) is 1. The Labute approximate surface area is 83.1 Å². The summed E-state index contributed by atoms with van der Waals surface area (Å²) in [6.07, 6.45) is 4.84. The van der Waals surface area contributed by atoms with Gasteiger partial charge < -0.3 is 10.1 Å². The van der Waals surface area contributed by atoms with Crippen LogP contribution in [-0.2, 0) is 4.74 Å². The first-order valence-corrected chi connectivity index (χ1v) is 5.66. The third kappa shape index (κ3) is 8.26. The van der Waals surface area contributed by atoms with Gasteiger partial charge in [0.15, 0.2) is 0 Å². The molecule has 0 bridgehead atoms. The number of nitrogens with one attached hydrogen (secondary N) is 1. The van der Waals surface area contributed by atoms with Gasteiger partial charge in [-0.25, -0.2) is 0 Å². The molecule has 0 spiro atoms. The Morgan fingerprint density at radius 2 is 1.77 bits per heavy atom. The number of unbranched alkanes of at least 4 members (excludes halogenated alkanes) is 1. The van der Waals surface area contributed by atoms with Crippen molar-refractivity contribution in [2.45, 2.75) is 52.5 Å². The van der Waals surface area contributed by atoms with Crippen molar-refractivity contribution in [3.05, 3.63) is 0 Å². The highest BCUT2D eigenvalue weighted by Gasteiger charge is 1.99. The van der Waals surface area contributed by atoms with E-state index in [9.17, 15) is 0 Å². The van der Waals surface area contributed by atoms with Crippen molar-refractivity contribution in [3.8, 4) is 0 Å². The minimum atomic E-state index is 0.676. The average Bonchev–Trinajstić information content (AvgIpc) is 2.17. The Kier molecular flexibility index (Phi) is 9.94. The van der Waals surface area contributed by atoms with Crippen LogP contribution in [0.15, 0.2) is 0 Å². The summed E-state index contributed by atoms with van der Waals surface area (Å²) >= 11 is 0. The maximum atomic E-state index is 5.45. The molecule has 0 fully saturated rings. The van der Waals surface area contributed by atoms with Gasteiger partial charge in [0.1, 0.15) is 0 Å². The zero-order chi connectivity index (χ0) is 9.94. The Hall–Kier alpha value is -0.0800. The fraction of sp³-hybridized carbons (Fsp3) is 1.00. The summed E-state index contributed by atoms with van der Waals surface area (Å²) in [4.78, 5) is 0. The van der Waals surface area contributed by atoms with Gasteiger partial charge in [-0.05, 0) is 19.3 Å². The van der Waals surface area contributed by atoms with Crippen LogP contribution in [0.5, 0.6) is 0 Å². The smallest absolute Gasteiger partial charge is 0.0590 e. The SMILES string of the molecule is CCCCOCCNC(CC)CC. The molecule has 0 rings (SSSR count). The van der Waals surface area contributed by atoms with Crippen molar-refractivity contribution < 1.29 is 4.74 Å². The molecule has 0 saturated carbocycles. The van der Waals surface area contributed by atoms with Crippen molar-refractivity contribution in [2.75, 3.05) is 19.8 Å². The molecule has 0 aromatic rings. The van der Waals surface area contributed by atoms with Gasteiger partial charge >= 0.3 is 0 Å². The molecular formula is C11H25NO. The first kappa shape index (κ1) is 12.9. The third-order valence-electron chi connectivity index (χ3n) is 2.31. The topological polar surface area (TPSA) is 21.3 Å². The molecule has 0 amide bonds. The molecule has 0 aromatic carbocycles. The predicted octanol–water partition coefficient (Wildman–Crippen LogP) is 2.58. The Morgan fingerprint density at radius 1 is 1.08 bits per heavy atom. The van der Waals surface area contributed by atoms with Gasteiger partial charge in [-0.2, -0.15) is 0 Å². The standard InChI is InChI=1S/C11H25NO/c1-4-7-9-13-10-8-12-11(5-2)6-3/h11-12H,4-10H2,1-3H3. The van der Waals surface area contributed by atoms with E-state index in [4.69, 9.17) is 4.74 Å². The van der Waals surface area contributed by atoms with E-state index >= 15 is 0 Å². The van der Waals surface area contributed by atoms with Crippen molar-refractivity contribution >= 4 is 0 Å². The molecule has 2 nitrogen and oxygen atoms in total. The quantitative estimate of drug-likeness (QED) is 0.560. The van der Waals surface area contributed by atoms with Gasteiger partial charge in [0, 0.05) is 19.2 Å². The van der Waals surface area contributed by atoms with Gasteiger partial charge in [0.2, 0.25) is 0 Å². The Balaban J connectivity index is 3.05. The first-order valence-electron chi connectivity index (χ1n) is 5.66. The van der Waals surface area contributed by atoms with E-state index in [1.165, 1.54) is 25.7 Å². The molecule has 1 N–H and O–H groups in total. The van der Waals surface area contributed by atoms with Crippen molar-refractivity contribution in [1.82, 2.24) is 5.32 Å². The second kappa shape index (κ2) is 10.0. The molecule has 2 heteroatoms. The van der Waals surface area contributed by atoms with Crippen LogP contribution in [-0.4, -0.2) is 25.8 Å². The van der Waals surface area contributed by atoms with E-state index in [2.05, 4.69) is 26.1 Å². The lowest BCUT2D eigenvalue weighted by atomic mass is 10.2. The lowest BCUT2D eigenvalue weighted by Crippen LogP contribution is -2.30. The van der Waals surface area contributed by atoms with E-state index < -0.39 is 0 Å². The van der Waals surface area contributed by atoms with Gasteiger partial charge in [0.25, 0.3) is 0 Å². The molecular weight excluding hydrogens is 162 g/mol. The Bertz CT molecular complexity index is 92.1. The van der Waals surface area contributed by atoms with Gasteiger partial charge in [0.05, 0.1) is 6.61 Å². The lowest BCUT2D eigenvalue weighted by Gasteiger charge is -2.14. The monoisotopic (exact) mass is 187 g/mol. The Morgan fingerprint density at radius 3 is 2.31 bits per heavy atom. The summed E-state index contributed by atoms with van der Waals surface area (Å²) in [6.45, 7) is 9.40. The molecule has 0 aromatic heterocycles. The summed E-state index contributed by atoms with van der Waals surface area (Å²) in [7, 11) is 0. The molecule has 0 aliphatic carbocycles. The zero-order valence-electron chi connectivity index (χ0n) is 9.44. The minimum Gasteiger partial charge on any atom is -0.380 e. The molecule has 0 radical (unpaired) electrons. The lowest BCUT2D eigenvalue weighted by molar-refractivity contribution is 0.130. The van der Waals surface area contributed by atoms with Crippen molar-refractivity contribution in [1.29, 1.82) is 0 Å². The number of hydrogen-bond donors (Lipinski definition) is 1. The molecule has 0 heterocycles. The molecule has 0 aliphatic heterocycles. The van der Waals surface area contributed by atoms with Crippen LogP contribution in [0.1, 0.15) is 46.5 Å². The fourth-order valence-electron chi connectivity index (χ4n) is 1.26. The highest BCUT2D eigenvalue weighted by atomic mass is 16.5. The highest BCUT2D eigenvalue weighted by Crippen LogP contribution is 1.95. The van der Waals surface area contributed by atoms with Gasteiger partial charge in [-0.1, -0.05) is 27.2 Å². The normalized spacial score (nSPS) is 11.1. The second-order valence-corrected chi connectivity index (χ2v) is 3.43. The predicted molar refractivity (Wildman–Crippen MR) is 58.1 cm³/mol. The van der Waals surface area contributed by atoms with Crippen molar-refractivity contribution in [2.24, 2.45) is 0 Å². The minimum absolute atomic E-state index is 0.676. The van der Waals surface area contributed by atoms with E-state index in [0.717, 1.165) is 19.8 Å². The first-order chi connectivity index (χ1) is 6.35. The molecule has 13 heavy (non-hydrogen) atoms. The van der Waals surface area contributed by atoms with Crippen LogP contribution >= 0.6 is 0 Å². The highest BCUT2D eigenvalue weighted by molar-refractivity contribution is 4.61. The molecule has 0 unspecified atom stereocenters. The van der Waals surface area contributed by atoms with Gasteiger partial charge in [-0.3, -0.25) is 0 Å². The summed E-state index contributed by atoms with van der Waals surface area (Å²) in [5.74, 6) is 0. The average molecular weight is 187 g/mol. The fourth-order valence-corrected chi connectivity index (χ4v) is 1.26. The van der Waals surface area contributed by atoms with E-state index in [-0.39, 0.29) is 0 Å². The van der Waals surface area contributed by atoms with E-state index in [0.29, 0.717) is 6.04 Å². The summed E-state index contributed by atoms with van der Waals surface area (Å²) in [5.41, 5.74) is 0. The zero-order valence-corrected chi connectivity index (χ0v) is 9.44. The molecule has 0 aliphatic rings. The maximum absolute atomic E-state index is 5.45. The van der Waals surface area contributed by atoms with Crippen molar-refractivity contribution in [3.63, 3.8) is 0 Å². The molecule has 0 saturated heterocycles. The van der Waals surface area contributed by atoms with Crippen LogP contribution < -0.4 is 5.32 Å². The summed E-state index contributed by atoms with van der Waals surface area (Å²) in [5, 5.41) is 3.47. The number of hydrogen-bond acceptors (Lipinski definition) is 2. The van der Waals surface area contributed by atoms with Gasteiger partial charge in [-0.15, -0.1) is 0 Å². The molecule has 80 valence electrons. The third-order valence-corrected chi connectivity index (χ3v) is 2.31. The summed E-state index contributed by atoms with van der Waals surface area (Å²) in [6, 6.07) is 0.676. The van der Waals surface area contributed by atoms with E-state index in [1.807, 2.05) is 0 Å². The maximum Gasteiger partial charge on any atom is 0.0590 e. The van der Waals surface area contributed by atoms with Crippen LogP contribution in [0.2, 0.25) is 0 Å². The summed E-state index contributed by atoms with van der Waals surface area (Å²) < 4.78 is 5.45. The van der Waals surface area contributed by atoms with Crippen LogP contribution in [0.3, 0.4) is 0 Å². The van der Waals surface area contributed by atoms with Crippen LogP contribution in [0.4, 0.5) is 0 Å². The van der Waals surface area contributed by atoms with Crippen LogP contribution in [0.25, 0.3) is 0 Å². The largest absolute Gasteiger partial charge is 0.380 e.